The third-order valence-electron chi connectivity index (χ3n) is 2.73. The first-order valence-electron chi connectivity index (χ1n) is 6.66. The van der Waals surface area contributed by atoms with Gasteiger partial charge in [0.15, 0.2) is 0 Å². The molecule has 0 fully saturated rings. The number of hydrogen-bond acceptors (Lipinski definition) is 3. The Bertz CT molecular complexity index is 371. The SMILES string of the molecule is COCC(C)OC(CNC(C)C)c1cccc(F)c1. The molecule has 0 aromatic heterocycles. The van der Waals surface area contributed by atoms with E-state index in [9.17, 15) is 4.39 Å². The predicted octanol–water partition coefficient (Wildman–Crippen LogP) is 2.92. The smallest absolute Gasteiger partial charge is 0.123 e. The number of rotatable bonds is 8. The van der Waals surface area contributed by atoms with Crippen molar-refractivity contribution in [2.24, 2.45) is 0 Å². The fourth-order valence-electron chi connectivity index (χ4n) is 1.85. The van der Waals surface area contributed by atoms with Crippen LogP contribution >= 0.6 is 0 Å². The van der Waals surface area contributed by atoms with Crippen molar-refractivity contribution in [3.63, 3.8) is 0 Å². The molecule has 0 aliphatic rings. The molecule has 0 aliphatic heterocycles. The maximum atomic E-state index is 13.3. The highest BCUT2D eigenvalue weighted by Gasteiger charge is 2.16. The van der Waals surface area contributed by atoms with Crippen LogP contribution in [-0.2, 0) is 9.47 Å². The molecular formula is C15H24FNO2. The average molecular weight is 269 g/mol. The van der Waals surface area contributed by atoms with Gasteiger partial charge in [0.2, 0.25) is 0 Å². The molecule has 3 nitrogen and oxygen atoms in total. The van der Waals surface area contributed by atoms with Crippen molar-refractivity contribution in [2.75, 3.05) is 20.3 Å². The zero-order chi connectivity index (χ0) is 14.3. The molecule has 0 aliphatic carbocycles. The highest BCUT2D eigenvalue weighted by molar-refractivity contribution is 5.19. The fourth-order valence-corrected chi connectivity index (χ4v) is 1.85. The summed E-state index contributed by atoms with van der Waals surface area (Å²) >= 11 is 0. The first-order valence-corrected chi connectivity index (χ1v) is 6.66. The Kier molecular flexibility index (Phi) is 6.99. The zero-order valence-electron chi connectivity index (χ0n) is 12.2. The van der Waals surface area contributed by atoms with Crippen LogP contribution in [0, 0.1) is 5.82 Å². The number of halogens is 1. The summed E-state index contributed by atoms with van der Waals surface area (Å²) < 4.78 is 24.3. The molecule has 1 N–H and O–H groups in total. The average Bonchev–Trinajstić information content (AvgIpc) is 2.34. The lowest BCUT2D eigenvalue weighted by Crippen LogP contribution is -2.31. The summed E-state index contributed by atoms with van der Waals surface area (Å²) in [6.45, 7) is 7.26. The highest BCUT2D eigenvalue weighted by Crippen LogP contribution is 2.20. The van der Waals surface area contributed by atoms with Crippen LogP contribution < -0.4 is 5.32 Å². The van der Waals surface area contributed by atoms with Crippen molar-refractivity contribution in [2.45, 2.75) is 39.0 Å². The van der Waals surface area contributed by atoms with Crippen LogP contribution in [0.5, 0.6) is 0 Å². The summed E-state index contributed by atoms with van der Waals surface area (Å²) in [4.78, 5) is 0. The molecule has 0 heterocycles. The van der Waals surface area contributed by atoms with Crippen LogP contribution in [0.15, 0.2) is 24.3 Å². The van der Waals surface area contributed by atoms with Gasteiger partial charge in [-0.15, -0.1) is 0 Å². The van der Waals surface area contributed by atoms with Gasteiger partial charge in [-0.05, 0) is 24.6 Å². The first kappa shape index (κ1) is 16.1. The zero-order valence-corrected chi connectivity index (χ0v) is 12.2. The Hall–Kier alpha value is -0.970. The van der Waals surface area contributed by atoms with Crippen LogP contribution in [-0.4, -0.2) is 32.4 Å². The van der Waals surface area contributed by atoms with Crippen LogP contribution in [0.2, 0.25) is 0 Å². The van der Waals surface area contributed by atoms with Gasteiger partial charge in [0, 0.05) is 19.7 Å². The third-order valence-corrected chi connectivity index (χ3v) is 2.73. The number of ether oxygens (including phenoxy) is 2. The van der Waals surface area contributed by atoms with Gasteiger partial charge < -0.3 is 14.8 Å². The quantitative estimate of drug-likeness (QED) is 0.787. The molecule has 1 aromatic carbocycles. The maximum absolute atomic E-state index is 13.3. The van der Waals surface area contributed by atoms with E-state index in [1.807, 2.05) is 13.0 Å². The lowest BCUT2D eigenvalue weighted by Gasteiger charge is -2.24. The predicted molar refractivity (Wildman–Crippen MR) is 74.7 cm³/mol. The maximum Gasteiger partial charge on any atom is 0.123 e. The summed E-state index contributed by atoms with van der Waals surface area (Å²) in [7, 11) is 1.64. The molecule has 108 valence electrons. The van der Waals surface area contributed by atoms with Crippen molar-refractivity contribution in [3.05, 3.63) is 35.6 Å². The fraction of sp³-hybridized carbons (Fsp3) is 0.600. The number of nitrogens with one attached hydrogen (secondary N) is 1. The van der Waals surface area contributed by atoms with E-state index in [1.54, 1.807) is 13.2 Å². The topological polar surface area (TPSA) is 30.5 Å². The van der Waals surface area contributed by atoms with Gasteiger partial charge in [0.05, 0.1) is 18.8 Å². The Morgan fingerprint density at radius 2 is 2.00 bits per heavy atom. The summed E-state index contributed by atoms with van der Waals surface area (Å²) in [6, 6.07) is 6.91. The molecule has 1 aromatic rings. The summed E-state index contributed by atoms with van der Waals surface area (Å²) in [5, 5.41) is 3.32. The minimum atomic E-state index is -0.241. The summed E-state index contributed by atoms with van der Waals surface area (Å²) in [5.74, 6) is -0.241. The minimum absolute atomic E-state index is 0.0350. The van der Waals surface area contributed by atoms with Crippen LogP contribution in [0.3, 0.4) is 0 Å². The van der Waals surface area contributed by atoms with E-state index in [4.69, 9.17) is 9.47 Å². The normalized spacial score (nSPS) is 14.6. The van der Waals surface area contributed by atoms with Gasteiger partial charge >= 0.3 is 0 Å². The molecule has 0 saturated carbocycles. The Balaban J connectivity index is 2.73. The monoisotopic (exact) mass is 269 g/mol. The Labute approximate surface area is 115 Å². The molecule has 0 bridgehead atoms. The van der Waals surface area contributed by atoms with Gasteiger partial charge in [-0.1, -0.05) is 26.0 Å². The minimum Gasteiger partial charge on any atom is -0.382 e. The molecule has 0 radical (unpaired) electrons. The van der Waals surface area contributed by atoms with Crippen molar-refractivity contribution in [3.8, 4) is 0 Å². The van der Waals surface area contributed by atoms with Crippen molar-refractivity contribution >= 4 is 0 Å². The molecule has 19 heavy (non-hydrogen) atoms. The Morgan fingerprint density at radius 1 is 1.26 bits per heavy atom. The van der Waals surface area contributed by atoms with Crippen LogP contribution in [0.1, 0.15) is 32.4 Å². The molecule has 2 unspecified atom stereocenters. The largest absolute Gasteiger partial charge is 0.382 e. The van der Waals surface area contributed by atoms with Gasteiger partial charge in [0.1, 0.15) is 5.82 Å². The third kappa shape index (κ3) is 6.14. The van der Waals surface area contributed by atoms with E-state index < -0.39 is 0 Å². The van der Waals surface area contributed by atoms with Crippen LogP contribution in [0.4, 0.5) is 4.39 Å². The standard InChI is InChI=1S/C15H24FNO2/c1-11(2)17-9-15(19-12(3)10-18-4)13-6-5-7-14(16)8-13/h5-8,11-12,15,17H,9-10H2,1-4H3. The van der Waals surface area contributed by atoms with E-state index in [0.29, 0.717) is 19.2 Å². The van der Waals surface area contributed by atoms with Gasteiger partial charge in [0.25, 0.3) is 0 Å². The van der Waals surface area contributed by atoms with Crippen molar-refractivity contribution in [1.29, 1.82) is 0 Å². The van der Waals surface area contributed by atoms with Gasteiger partial charge in [-0.3, -0.25) is 0 Å². The van der Waals surface area contributed by atoms with E-state index >= 15 is 0 Å². The second-order valence-corrected chi connectivity index (χ2v) is 5.01. The van der Waals surface area contributed by atoms with Crippen LogP contribution in [0.25, 0.3) is 0 Å². The van der Waals surface area contributed by atoms with Gasteiger partial charge in [-0.2, -0.15) is 0 Å². The molecule has 2 atom stereocenters. The molecule has 0 spiro atoms. The van der Waals surface area contributed by atoms with E-state index in [2.05, 4.69) is 19.2 Å². The first-order chi connectivity index (χ1) is 9.02. The molecule has 0 amide bonds. The van der Waals surface area contributed by atoms with E-state index in [1.165, 1.54) is 12.1 Å². The summed E-state index contributed by atoms with van der Waals surface area (Å²) in [5.41, 5.74) is 0.844. The highest BCUT2D eigenvalue weighted by atomic mass is 19.1. The second kappa shape index (κ2) is 8.25. The lowest BCUT2D eigenvalue weighted by atomic mass is 10.1. The number of methoxy groups -OCH3 is 1. The molecule has 4 heteroatoms. The van der Waals surface area contributed by atoms with E-state index in [0.717, 1.165) is 5.56 Å². The van der Waals surface area contributed by atoms with Gasteiger partial charge in [-0.25, -0.2) is 4.39 Å². The lowest BCUT2D eigenvalue weighted by molar-refractivity contribution is -0.0400. The Morgan fingerprint density at radius 3 is 2.58 bits per heavy atom. The number of benzene rings is 1. The van der Waals surface area contributed by atoms with Crippen molar-refractivity contribution in [1.82, 2.24) is 5.32 Å². The molecule has 0 saturated heterocycles. The molecule has 1 rings (SSSR count). The van der Waals surface area contributed by atoms with E-state index in [-0.39, 0.29) is 18.0 Å². The second-order valence-electron chi connectivity index (χ2n) is 5.01. The molecular weight excluding hydrogens is 245 g/mol. The van der Waals surface area contributed by atoms with Crippen molar-refractivity contribution < 1.29 is 13.9 Å². The number of hydrogen-bond donors (Lipinski definition) is 1. The summed E-state index contributed by atoms with van der Waals surface area (Å²) in [6.07, 6.45) is -0.213.